The minimum absolute atomic E-state index is 0.108. The number of carbonyl (C=O) groups is 2. The molecule has 2 aromatic heterocycles. The van der Waals surface area contributed by atoms with E-state index < -0.39 is 5.97 Å². The molecule has 4 aromatic rings. The third kappa shape index (κ3) is 5.29. The highest BCUT2D eigenvalue weighted by Crippen LogP contribution is 2.36. The Morgan fingerprint density at radius 2 is 1.66 bits per heavy atom. The number of hydrogen-bond acceptors (Lipinski definition) is 5. The smallest absolute Gasteiger partial charge is 0.340 e. The second-order valence-electron chi connectivity index (χ2n) is 9.75. The number of fused-ring (bicyclic) bond motifs is 4. The van der Waals surface area contributed by atoms with Gasteiger partial charge in [-0.1, -0.05) is 51.1 Å². The number of pyridine rings is 1. The summed E-state index contributed by atoms with van der Waals surface area (Å²) in [6, 6.07) is 11.3. The van der Waals surface area contributed by atoms with Gasteiger partial charge < -0.3 is 15.1 Å². The van der Waals surface area contributed by atoms with Crippen LogP contribution in [0.25, 0.3) is 21.8 Å². The van der Waals surface area contributed by atoms with Crippen molar-refractivity contribution in [1.29, 1.82) is 0 Å². The zero-order valence-electron chi connectivity index (χ0n) is 22.8. The number of para-hydroxylation sites is 1. The molecule has 7 heteroatoms. The lowest BCUT2D eigenvalue weighted by Gasteiger charge is -2.19. The number of benzene rings is 2. The molecule has 7 nitrogen and oxygen atoms in total. The Bertz CT molecular complexity index is 1480. The Hall–Kier alpha value is -3.71. The number of aryl methyl sites for hydroxylation is 2. The van der Waals surface area contributed by atoms with Gasteiger partial charge in [0.15, 0.2) is 5.75 Å². The van der Waals surface area contributed by atoms with Crippen LogP contribution in [0.1, 0.15) is 78.1 Å². The van der Waals surface area contributed by atoms with E-state index in [9.17, 15) is 19.8 Å². The van der Waals surface area contributed by atoms with Gasteiger partial charge in [0.25, 0.3) is 0 Å². The van der Waals surface area contributed by atoms with Gasteiger partial charge in [0, 0.05) is 30.3 Å². The first kappa shape index (κ1) is 27.3. The number of nitrogens with zero attached hydrogens (tertiary/aromatic N) is 3. The fourth-order valence-corrected chi connectivity index (χ4v) is 5.44. The second-order valence-corrected chi connectivity index (χ2v) is 9.75. The van der Waals surface area contributed by atoms with Crippen LogP contribution in [0.15, 0.2) is 42.6 Å². The molecule has 2 aromatic carbocycles. The number of carboxylic acid groups (broad SMARTS) is 1. The molecular formula is C31H37N3O4. The molecule has 0 unspecified atom stereocenters. The number of aromatic hydroxyl groups is 1. The molecule has 5 rings (SSSR count). The summed E-state index contributed by atoms with van der Waals surface area (Å²) in [5.41, 5.74) is 4.75. The number of aromatic carboxylic acids is 1. The zero-order valence-corrected chi connectivity index (χ0v) is 22.8. The van der Waals surface area contributed by atoms with Gasteiger partial charge in [0.2, 0.25) is 5.91 Å². The molecule has 0 saturated heterocycles. The van der Waals surface area contributed by atoms with Gasteiger partial charge in [-0.2, -0.15) is 0 Å². The van der Waals surface area contributed by atoms with Crippen LogP contribution < -0.4 is 0 Å². The van der Waals surface area contributed by atoms with E-state index in [0.717, 1.165) is 47.7 Å². The summed E-state index contributed by atoms with van der Waals surface area (Å²) in [6.45, 7) is 11.6. The second kappa shape index (κ2) is 11.8. The molecule has 0 bridgehead atoms. The van der Waals surface area contributed by atoms with Crippen LogP contribution in [0.2, 0.25) is 0 Å². The molecule has 0 aliphatic heterocycles. The molecule has 200 valence electrons. The predicted molar refractivity (Wildman–Crippen MR) is 152 cm³/mol. The topological polar surface area (TPSA) is 95.7 Å². The Morgan fingerprint density at radius 3 is 2.29 bits per heavy atom. The Labute approximate surface area is 223 Å². The molecule has 1 aliphatic carbocycles. The van der Waals surface area contributed by atoms with E-state index in [0.29, 0.717) is 16.6 Å². The SMILES string of the molecule is CC(=O)n1cc(Cc2nc3c4c(ccc3c(C(=O)O)c2O)CCCC4)c2ccccc21.CCN(CC)CC. The summed E-state index contributed by atoms with van der Waals surface area (Å²) >= 11 is 0. The fraction of sp³-hybridized carbons (Fsp3) is 0.387. The molecule has 2 N–H and O–H groups in total. The van der Waals surface area contributed by atoms with Crippen LogP contribution in [0.4, 0.5) is 0 Å². The van der Waals surface area contributed by atoms with Crippen LogP contribution in [-0.4, -0.2) is 56.2 Å². The summed E-state index contributed by atoms with van der Waals surface area (Å²) in [5.74, 6) is -1.60. The van der Waals surface area contributed by atoms with Crippen molar-refractivity contribution >= 4 is 33.7 Å². The summed E-state index contributed by atoms with van der Waals surface area (Å²) in [6.07, 6.45) is 5.94. The van der Waals surface area contributed by atoms with Gasteiger partial charge in [-0.15, -0.1) is 0 Å². The van der Waals surface area contributed by atoms with Crippen molar-refractivity contribution in [2.75, 3.05) is 19.6 Å². The summed E-state index contributed by atoms with van der Waals surface area (Å²) in [4.78, 5) is 31.3. The zero-order chi connectivity index (χ0) is 27.4. The van der Waals surface area contributed by atoms with E-state index in [4.69, 9.17) is 4.98 Å². The van der Waals surface area contributed by atoms with E-state index in [1.54, 1.807) is 16.8 Å². The highest BCUT2D eigenvalue weighted by atomic mass is 16.4. The largest absolute Gasteiger partial charge is 0.505 e. The van der Waals surface area contributed by atoms with Crippen molar-refractivity contribution < 1.29 is 19.8 Å². The van der Waals surface area contributed by atoms with Gasteiger partial charge in [-0.05, 0) is 68.1 Å². The monoisotopic (exact) mass is 515 g/mol. The summed E-state index contributed by atoms with van der Waals surface area (Å²) in [7, 11) is 0. The van der Waals surface area contributed by atoms with Crippen LogP contribution in [0.3, 0.4) is 0 Å². The number of carbonyl (C=O) groups excluding carboxylic acids is 1. The van der Waals surface area contributed by atoms with Crippen LogP contribution in [0, 0.1) is 0 Å². The Morgan fingerprint density at radius 1 is 0.974 bits per heavy atom. The molecule has 1 aliphatic rings. The van der Waals surface area contributed by atoms with Crippen molar-refractivity contribution in [2.24, 2.45) is 0 Å². The first-order chi connectivity index (χ1) is 18.3. The lowest BCUT2D eigenvalue weighted by molar-refractivity contribution is 0.0695. The van der Waals surface area contributed by atoms with Crippen molar-refractivity contribution in [2.45, 2.75) is 59.8 Å². The number of aromatic nitrogens is 2. The normalized spacial score (nSPS) is 12.9. The van der Waals surface area contributed by atoms with E-state index in [1.807, 2.05) is 30.3 Å². The van der Waals surface area contributed by atoms with Crippen molar-refractivity contribution in [3.05, 3.63) is 70.5 Å². The van der Waals surface area contributed by atoms with Crippen molar-refractivity contribution in [3.8, 4) is 5.75 Å². The van der Waals surface area contributed by atoms with Crippen LogP contribution >= 0.6 is 0 Å². The average molecular weight is 516 g/mol. The Balaban J connectivity index is 0.000000426. The Kier molecular flexibility index (Phi) is 8.47. The third-order valence-electron chi connectivity index (χ3n) is 7.58. The van der Waals surface area contributed by atoms with E-state index in [2.05, 4.69) is 25.7 Å². The van der Waals surface area contributed by atoms with Gasteiger partial charge in [0.05, 0.1) is 16.7 Å². The van der Waals surface area contributed by atoms with Crippen LogP contribution in [-0.2, 0) is 19.3 Å². The van der Waals surface area contributed by atoms with E-state index in [1.165, 1.54) is 32.1 Å². The molecule has 0 radical (unpaired) electrons. The highest BCUT2D eigenvalue weighted by Gasteiger charge is 2.24. The van der Waals surface area contributed by atoms with Crippen molar-refractivity contribution in [1.82, 2.24) is 14.5 Å². The van der Waals surface area contributed by atoms with E-state index >= 15 is 0 Å². The molecular weight excluding hydrogens is 478 g/mol. The minimum Gasteiger partial charge on any atom is -0.505 e. The minimum atomic E-state index is -1.17. The molecule has 0 saturated carbocycles. The molecule has 0 atom stereocenters. The molecule has 0 fully saturated rings. The van der Waals surface area contributed by atoms with Gasteiger partial charge >= 0.3 is 5.97 Å². The molecule has 2 heterocycles. The first-order valence-corrected chi connectivity index (χ1v) is 13.5. The molecule has 0 spiro atoms. The average Bonchev–Trinajstić information content (AvgIpc) is 3.29. The fourth-order valence-electron chi connectivity index (χ4n) is 5.44. The highest BCUT2D eigenvalue weighted by molar-refractivity contribution is 6.06. The summed E-state index contributed by atoms with van der Waals surface area (Å²) < 4.78 is 1.57. The lowest BCUT2D eigenvalue weighted by Crippen LogP contribution is -2.21. The quantitative estimate of drug-likeness (QED) is 0.324. The van der Waals surface area contributed by atoms with Gasteiger partial charge in [-0.25, -0.2) is 9.78 Å². The molecule has 0 amide bonds. The standard InChI is InChI=1S/C25H22N2O4.C6H15N/c1-14(28)27-13-16(17-7-4-5-9-21(17)27)12-20-24(29)22(25(30)31)19-11-10-15-6-2-3-8-18(15)23(19)26-20;1-4-7(5-2)6-3/h4-5,7,9-11,13,29H,2-3,6,8,12H2,1H3,(H,30,31);4-6H2,1-3H3. The van der Waals surface area contributed by atoms with E-state index in [-0.39, 0.29) is 23.6 Å². The molecule has 38 heavy (non-hydrogen) atoms. The number of carboxylic acids is 1. The van der Waals surface area contributed by atoms with Crippen LogP contribution in [0.5, 0.6) is 5.75 Å². The third-order valence-corrected chi connectivity index (χ3v) is 7.58. The van der Waals surface area contributed by atoms with Gasteiger partial charge in [0.1, 0.15) is 5.56 Å². The number of hydrogen-bond donors (Lipinski definition) is 2. The maximum atomic E-state index is 12.1. The van der Waals surface area contributed by atoms with Gasteiger partial charge in [-0.3, -0.25) is 9.36 Å². The number of rotatable bonds is 6. The maximum Gasteiger partial charge on any atom is 0.340 e. The maximum absolute atomic E-state index is 12.1. The first-order valence-electron chi connectivity index (χ1n) is 13.5. The van der Waals surface area contributed by atoms with Crippen molar-refractivity contribution in [3.63, 3.8) is 0 Å². The lowest BCUT2D eigenvalue weighted by atomic mass is 9.88. The predicted octanol–water partition coefficient (Wildman–Crippen LogP) is 6.07. The summed E-state index contributed by atoms with van der Waals surface area (Å²) in [5, 5.41) is 22.1.